The first-order valence-electron chi connectivity index (χ1n) is 9.25. The minimum absolute atomic E-state index is 0.0796. The van der Waals surface area contributed by atoms with Gasteiger partial charge in [0.2, 0.25) is 5.91 Å². The van der Waals surface area contributed by atoms with Crippen LogP contribution >= 0.6 is 0 Å². The van der Waals surface area contributed by atoms with Crippen LogP contribution in [0.3, 0.4) is 0 Å². The summed E-state index contributed by atoms with van der Waals surface area (Å²) in [6.45, 7) is 7.65. The van der Waals surface area contributed by atoms with Crippen LogP contribution in [0.4, 0.5) is 0 Å². The number of amides is 1. The van der Waals surface area contributed by atoms with Crippen molar-refractivity contribution in [2.45, 2.75) is 51.3 Å². The minimum atomic E-state index is -3.20. The van der Waals surface area contributed by atoms with Crippen molar-refractivity contribution in [3.8, 4) is 5.75 Å². The smallest absolute Gasteiger partial charge is 0.220 e. The summed E-state index contributed by atoms with van der Waals surface area (Å²) in [4.78, 5) is 12.4. The van der Waals surface area contributed by atoms with Gasteiger partial charge in [-0.15, -0.1) is 0 Å². The average molecular weight is 382 g/mol. The van der Waals surface area contributed by atoms with Gasteiger partial charge in [-0.2, -0.15) is 0 Å². The first kappa shape index (κ1) is 20.7. The lowest BCUT2D eigenvalue weighted by molar-refractivity contribution is -0.122. The normalized spacial score (nSPS) is 22.6. The van der Waals surface area contributed by atoms with E-state index in [0.717, 1.165) is 12.8 Å². The Kier molecular flexibility index (Phi) is 6.72. The van der Waals surface area contributed by atoms with E-state index in [1.807, 2.05) is 0 Å². The summed E-state index contributed by atoms with van der Waals surface area (Å²) in [6.07, 6.45) is 5.22. The Morgan fingerprint density at radius 3 is 2.46 bits per heavy atom. The summed E-state index contributed by atoms with van der Waals surface area (Å²) in [7, 11) is -3.20. The van der Waals surface area contributed by atoms with Gasteiger partial charge in [-0.25, -0.2) is 8.42 Å². The standard InChI is InChI=1S/C20H31NO4S/c1-15-11-16(14-20(2,3)13-15)12-19(22)21-9-10-25-17-5-7-18(8-6-17)26(4,23)24/h5-8,15-16H,9-14H2,1-4H3,(H,21,22). The number of hydrogen-bond acceptors (Lipinski definition) is 4. The average Bonchev–Trinajstić information content (AvgIpc) is 2.49. The van der Waals surface area contributed by atoms with Gasteiger partial charge in [0.25, 0.3) is 0 Å². The lowest BCUT2D eigenvalue weighted by Crippen LogP contribution is -2.33. The highest BCUT2D eigenvalue weighted by molar-refractivity contribution is 7.90. The van der Waals surface area contributed by atoms with Crippen LogP contribution in [-0.4, -0.2) is 33.7 Å². The van der Waals surface area contributed by atoms with Crippen molar-refractivity contribution in [3.63, 3.8) is 0 Å². The van der Waals surface area contributed by atoms with Crippen LogP contribution in [0.1, 0.15) is 46.5 Å². The van der Waals surface area contributed by atoms with Crippen molar-refractivity contribution in [3.05, 3.63) is 24.3 Å². The number of rotatable bonds is 7. The molecule has 0 aliphatic heterocycles. The molecular weight excluding hydrogens is 350 g/mol. The highest BCUT2D eigenvalue weighted by Crippen LogP contribution is 2.42. The van der Waals surface area contributed by atoms with Crippen molar-refractivity contribution >= 4 is 15.7 Å². The van der Waals surface area contributed by atoms with Gasteiger partial charge in [0.05, 0.1) is 11.4 Å². The van der Waals surface area contributed by atoms with Gasteiger partial charge >= 0.3 is 0 Å². The lowest BCUT2D eigenvalue weighted by atomic mass is 9.67. The topological polar surface area (TPSA) is 72.5 Å². The summed E-state index contributed by atoms with van der Waals surface area (Å²) in [5, 5.41) is 2.92. The summed E-state index contributed by atoms with van der Waals surface area (Å²) in [5.41, 5.74) is 0.323. The second kappa shape index (κ2) is 8.42. The summed E-state index contributed by atoms with van der Waals surface area (Å²) in [6, 6.07) is 6.30. The van der Waals surface area contributed by atoms with Crippen molar-refractivity contribution in [2.75, 3.05) is 19.4 Å². The quantitative estimate of drug-likeness (QED) is 0.735. The van der Waals surface area contributed by atoms with Crippen LogP contribution in [0, 0.1) is 17.3 Å². The molecule has 1 aromatic rings. The Labute approximate surface area is 157 Å². The van der Waals surface area contributed by atoms with E-state index in [-0.39, 0.29) is 10.8 Å². The van der Waals surface area contributed by atoms with Crippen molar-refractivity contribution in [1.29, 1.82) is 0 Å². The first-order valence-corrected chi connectivity index (χ1v) is 11.1. The predicted octanol–water partition coefficient (Wildman–Crippen LogP) is 3.44. The van der Waals surface area contributed by atoms with Gasteiger partial charge in [-0.05, 0) is 60.8 Å². The summed E-state index contributed by atoms with van der Waals surface area (Å²) >= 11 is 0. The van der Waals surface area contributed by atoms with Gasteiger partial charge in [-0.1, -0.05) is 20.8 Å². The molecule has 2 atom stereocenters. The van der Waals surface area contributed by atoms with Crippen LogP contribution in [0.2, 0.25) is 0 Å². The molecule has 1 amide bonds. The molecule has 5 nitrogen and oxygen atoms in total. The Hall–Kier alpha value is -1.56. The van der Waals surface area contributed by atoms with E-state index in [0.29, 0.717) is 42.6 Å². The van der Waals surface area contributed by atoms with Crippen molar-refractivity contribution in [1.82, 2.24) is 5.32 Å². The molecule has 1 saturated carbocycles. The molecule has 0 heterocycles. The SMILES string of the molecule is CC1CC(CC(=O)NCCOc2ccc(S(C)(=O)=O)cc2)CC(C)(C)C1. The van der Waals surface area contributed by atoms with E-state index in [1.54, 1.807) is 12.1 Å². The van der Waals surface area contributed by atoms with Crippen molar-refractivity contribution < 1.29 is 17.9 Å². The molecule has 1 aliphatic rings. The maximum absolute atomic E-state index is 12.2. The Bertz CT molecular complexity index is 710. The number of benzene rings is 1. The number of ether oxygens (including phenoxy) is 1. The van der Waals surface area contributed by atoms with Gasteiger partial charge in [0.15, 0.2) is 9.84 Å². The Morgan fingerprint density at radius 2 is 1.88 bits per heavy atom. The molecule has 26 heavy (non-hydrogen) atoms. The van der Waals surface area contributed by atoms with Gasteiger partial charge in [0.1, 0.15) is 12.4 Å². The number of hydrogen-bond donors (Lipinski definition) is 1. The predicted molar refractivity (Wildman–Crippen MR) is 103 cm³/mol. The van der Waals surface area contributed by atoms with Crippen LogP contribution in [0.25, 0.3) is 0 Å². The first-order chi connectivity index (χ1) is 12.0. The van der Waals surface area contributed by atoms with Gasteiger partial charge < -0.3 is 10.1 Å². The minimum Gasteiger partial charge on any atom is -0.492 e. The molecule has 1 fully saturated rings. The molecular formula is C20H31NO4S. The Morgan fingerprint density at radius 1 is 1.23 bits per heavy atom. The highest BCUT2D eigenvalue weighted by Gasteiger charge is 2.32. The number of carbonyl (C=O) groups excluding carboxylic acids is 1. The molecule has 2 rings (SSSR count). The molecule has 6 heteroatoms. The van der Waals surface area contributed by atoms with E-state index >= 15 is 0 Å². The fourth-order valence-electron chi connectivity index (χ4n) is 4.18. The molecule has 0 saturated heterocycles. The largest absolute Gasteiger partial charge is 0.492 e. The van der Waals surface area contributed by atoms with E-state index in [9.17, 15) is 13.2 Å². The third-order valence-electron chi connectivity index (χ3n) is 4.90. The zero-order valence-electron chi connectivity index (χ0n) is 16.2. The maximum atomic E-state index is 12.2. The second-order valence-corrected chi connectivity index (χ2v) is 10.4. The zero-order chi connectivity index (χ0) is 19.4. The molecule has 1 aromatic carbocycles. The van der Waals surface area contributed by atoms with Crippen LogP contribution in [0.5, 0.6) is 5.75 Å². The number of nitrogens with one attached hydrogen (secondary N) is 1. The Balaban J connectivity index is 1.70. The van der Waals surface area contributed by atoms with E-state index in [4.69, 9.17) is 4.74 Å². The summed E-state index contributed by atoms with van der Waals surface area (Å²) < 4.78 is 28.4. The lowest BCUT2D eigenvalue weighted by Gasteiger charge is -2.38. The van der Waals surface area contributed by atoms with Crippen molar-refractivity contribution in [2.24, 2.45) is 17.3 Å². The van der Waals surface area contributed by atoms with Gasteiger partial charge in [0, 0.05) is 12.7 Å². The maximum Gasteiger partial charge on any atom is 0.220 e. The number of sulfone groups is 1. The fraction of sp³-hybridized carbons (Fsp3) is 0.650. The van der Waals surface area contributed by atoms with Gasteiger partial charge in [-0.3, -0.25) is 4.79 Å². The monoisotopic (exact) mass is 381 g/mol. The summed E-state index contributed by atoms with van der Waals surface area (Å²) in [5.74, 6) is 1.80. The fourth-order valence-corrected chi connectivity index (χ4v) is 4.81. The third kappa shape index (κ3) is 6.63. The molecule has 2 unspecified atom stereocenters. The third-order valence-corrected chi connectivity index (χ3v) is 6.03. The molecule has 0 radical (unpaired) electrons. The van der Waals surface area contributed by atoms with E-state index in [1.165, 1.54) is 24.8 Å². The van der Waals surface area contributed by atoms with Crippen LogP contribution in [-0.2, 0) is 14.6 Å². The molecule has 0 bridgehead atoms. The molecule has 0 spiro atoms. The van der Waals surface area contributed by atoms with E-state index in [2.05, 4.69) is 26.1 Å². The number of carbonyl (C=O) groups is 1. The molecule has 1 N–H and O–H groups in total. The second-order valence-electron chi connectivity index (χ2n) is 8.43. The zero-order valence-corrected chi connectivity index (χ0v) is 17.1. The molecule has 0 aromatic heterocycles. The molecule has 1 aliphatic carbocycles. The van der Waals surface area contributed by atoms with Crippen LogP contribution in [0.15, 0.2) is 29.2 Å². The highest BCUT2D eigenvalue weighted by atomic mass is 32.2. The van der Waals surface area contributed by atoms with E-state index < -0.39 is 9.84 Å². The van der Waals surface area contributed by atoms with Crippen LogP contribution < -0.4 is 10.1 Å². The molecule has 146 valence electrons.